The van der Waals surface area contributed by atoms with Gasteiger partial charge in [0.25, 0.3) is 0 Å². The monoisotopic (exact) mass is 284 g/mol. The molecule has 1 atom stereocenters. The quantitative estimate of drug-likeness (QED) is 0.853. The number of amides is 1. The second-order valence-corrected chi connectivity index (χ2v) is 4.79. The van der Waals surface area contributed by atoms with Crippen molar-refractivity contribution in [3.05, 3.63) is 65.7 Å². The molecule has 0 saturated heterocycles. The Labute approximate surface area is 124 Å². The van der Waals surface area contributed by atoms with Crippen LogP contribution in [0.5, 0.6) is 5.75 Å². The van der Waals surface area contributed by atoms with Gasteiger partial charge in [0.05, 0.1) is 19.6 Å². The third-order valence-corrected chi connectivity index (χ3v) is 3.30. The molecule has 1 amide bonds. The average molecular weight is 284 g/mol. The molecule has 2 rings (SSSR count). The maximum atomic E-state index is 12.1. The summed E-state index contributed by atoms with van der Waals surface area (Å²) in [6.45, 7) is 0.373. The summed E-state index contributed by atoms with van der Waals surface area (Å²) in [7, 11) is 1.62. The van der Waals surface area contributed by atoms with Gasteiger partial charge in [0, 0.05) is 6.54 Å². The van der Waals surface area contributed by atoms with Crippen LogP contribution in [0.1, 0.15) is 17.2 Å². The smallest absolute Gasteiger partial charge is 0.224 e. The minimum absolute atomic E-state index is 0.0422. The van der Waals surface area contributed by atoms with E-state index >= 15 is 0 Å². The molecule has 1 unspecified atom stereocenters. The lowest BCUT2D eigenvalue weighted by atomic mass is 10.1. The molecule has 2 aromatic carbocycles. The van der Waals surface area contributed by atoms with E-state index in [4.69, 9.17) is 10.5 Å². The fourth-order valence-corrected chi connectivity index (χ4v) is 2.14. The lowest BCUT2D eigenvalue weighted by molar-refractivity contribution is -0.121. The van der Waals surface area contributed by atoms with E-state index in [0.29, 0.717) is 13.0 Å². The Morgan fingerprint density at radius 2 is 1.81 bits per heavy atom. The molecular formula is C17H20N2O2. The number of hydrogen-bond donors (Lipinski definition) is 2. The Balaban J connectivity index is 1.96. The third-order valence-electron chi connectivity index (χ3n) is 3.30. The normalized spacial score (nSPS) is 11.7. The van der Waals surface area contributed by atoms with E-state index in [1.165, 1.54) is 0 Å². The Hall–Kier alpha value is -2.33. The molecule has 0 aromatic heterocycles. The second kappa shape index (κ2) is 7.45. The molecule has 0 aliphatic rings. The molecule has 0 heterocycles. The van der Waals surface area contributed by atoms with Crippen LogP contribution < -0.4 is 15.8 Å². The number of nitrogens with two attached hydrogens (primary N) is 1. The van der Waals surface area contributed by atoms with E-state index in [-0.39, 0.29) is 11.9 Å². The molecular weight excluding hydrogens is 264 g/mol. The van der Waals surface area contributed by atoms with Crippen LogP contribution in [0.3, 0.4) is 0 Å². The van der Waals surface area contributed by atoms with Crippen molar-refractivity contribution in [2.75, 3.05) is 13.7 Å². The van der Waals surface area contributed by atoms with Gasteiger partial charge in [0.2, 0.25) is 5.91 Å². The molecule has 0 saturated carbocycles. The van der Waals surface area contributed by atoms with Crippen LogP contribution in [-0.4, -0.2) is 19.6 Å². The number of benzene rings is 2. The average Bonchev–Trinajstić information content (AvgIpc) is 2.54. The number of nitrogens with one attached hydrogen (secondary N) is 1. The highest BCUT2D eigenvalue weighted by molar-refractivity contribution is 5.79. The number of carbonyl (C=O) groups is 1. The number of carbonyl (C=O) groups excluding carboxylic acids is 1. The van der Waals surface area contributed by atoms with E-state index in [0.717, 1.165) is 16.9 Å². The van der Waals surface area contributed by atoms with E-state index in [2.05, 4.69) is 5.32 Å². The first-order valence-electron chi connectivity index (χ1n) is 6.90. The molecule has 4 nitrogen and oxygen atoms in total. The van der Waals surface area contributed by atoms with Crippen LogP contribution >= 0.6 is 0 Å². The van der Waals surface area contributed by atoms with Crippen molar-refractivity contribution >= 4 is 5.91 Å². The minimum atomic E-state index is -0.156. The third kappa shape index (κ3) is 4.33. The van der Waals surface area contributed by atoms with Gasteiger partial charge in [0.1, 0.15) is 5.75 Å². The van der Waals surface area contributed by atoms with E-state index in [1.54, 1.807) is 7.11 Å². The Kier molecular flexibility index (Phi) is 5.35. The van der Waals surface area contributed by atoms with Crippen molar-refractivity contribution < 1.29 is 9.53 Å². The highest BCUT2D eigenvalue weighted by Crippen LogP contribution is 2.13. The van der Waals surface area contributed by atoms with Crippen LogP contribution in [0.4, 0.5) is 0 Å². The first kappa shape index (κ1) is 15.1. The van der Waals surface area contributed by atoms with Crippen LogP contribution in [0.25, 0.3) is 0 Å². The Morgan fingerprint density at radius 1 is 1.14 bits per heavy atom. The zero-order valence-corrected chi connectivity index (χ0v) is 12.1. The van der Waals surface area contributed by atoms with Gasteiger partial charge in [-0.25, -0.2) is 0 Å². The predicted molar refractivity (Wildman–Crippen MR) is 83.1 cm³/mol. The summed E-state index contributed by atoms with van der Waals surface area (Å²) in [5.41, 5.74) is 7.71. The molecule has 0 aliphatic carbocycles. The highest BCUT2D eigenvalue weighted by Gasteiger charge is 2.12. The minimum Gasteiger partial charge on any atom is -0.497 e. The summed E-state index contributed by atoms with van der Waals surface area (Å²) < 4.78 is 5.10. The fraction of sp³-hybridized carbons (Fsp3) is 0.235. The summed E-state index contributed by atoms with van der Waals surface area (Å²) in [6, 6.07) is 17.1. The summed E-state index contributed by atoms with van der Waals surface area (Å²) in [5.74, 6) is 0.739. The van der Waals surface area contributed by atoms with E-state index in [1.807, 2.05) is 54.6 Å². The van der Waals surface area contributed by atoms with Gasteiger partial charge in [-0.3, -0.25) is 4.79 Å². The van der Waals surface area contributed by atoms with Crippen molar-refractivity contribution in [3.63, 3.8) is 0 Å². The van der Waals surface area contributed by atoms with Gasteiger partial charge in [-0.2, -0.15) is 0 Å². The first-order valence-corrected chi connectivity index (χ1v) is 6.90. The Morgan fingerprint density at radius 3 is 2.38 bits per heavy atom. The number of methoxy groups -OCH3 is 1. The maximum absolute atomic E-state index is 12.1. The first-order chi connectivity index (χ1) is 10.2. The molecule has 0 spiro atoms. The zero-order chi connectivity index (χ0) is 15.1. The van der Waals surface area contributed by atoms with Gasteiger partial charge in [-0.05, 0) is 23.3 Å². The van der Waals surface area contributed by atoms with Gasteiger partial charge in [-0.1, -0.05) is 42.5 Å². The maximum Gasteiger partial charge on any atom is 0.224 e. The lowest BCUT2D eigenvalue weighted by Gasteiger charge is -2.17. The topological polar surface area (TPSA) is 64.3 Å². The Bertz CT molecular complexity index is 567. The molecule has 0 bridgehead atoms. The van der Waals surface area contributed by atoms with Crippen molar-refractivity contribution in [3.8, 4) is 5.75 Å². The molecule has 3 N–H and O–H groups in total. The fourth-order valence-electron chi connectivity index (χ4n) is 2.14. The van der Waals surface area contributed by atoms with Crippen molar-refractivity contribution in [1.29, 1.82) is 0 Å². The highest BCUT2D eigenvalue weighted by atomic mass is 16.5. The lowest BCUT2D eigenvalue weighted by Crippen LogP contribution is -2.34. The molecule has 0 radical (unpaired) electrons. The largest absolute Gasteiger partial charge is 0.497 e. The van der Waals surface area contributed by atoms with Crippen LogP contribution in [-0.2, 0) is 11.2 Å². The van der Waals surface area contributed by atoms with E-state index in [9.17, 15) is 4.79 Å². The SMILES string of the molecule is COc1ccc(CC(=O)NC(CN)c2ccccc2)cc1. The summed E-state index contributed by atoms with van der Waals surface area (Å²) in [5, 5.41) is 2.96. The molecule has 2 aromatic rings. The van der Waals surface area contributed by atoms with Gasteiger partial charge in [-0.15, -0.1) is 0 Å². The van der Waals surface area contributed by atoms with Gasteiger partial charge in [0.15, 0.2) is 0 Å². The molecule has 21 heavy (non-hydrogen) atoms. The summed E-state index contributed by atoms with van der Waals surface area (Å²) in [4.78, 5) is 12.1. The second-order valence-electron chi connectivity index (χ2n) is 4.79. The number of hydrogen-bond acceptors (Lipinski definition) is 3. The van der Waals surface area contributed by atoms with Crippen molar-refractivity contribution in [2.45, 2.75) is 12.5 Å². The molecule has 4 heteroatoms. The molecule has 0 fully saturated rings. The van der Waals surface area contributed by atoms with Crippen LogP contribution in [0.2, 0.25) is 0 Å². The zero-order valence-electron chi connectivity index (χ0n) is 12.1. The van der Waals surface area contributed by atoms with Crippen molar-refractivity contribution in [2.24, 2.45) is 5.73 Å². The number of rotatable bonds is 6. The summed E-state index contributed by atoms with van der Waals surface area (Å²) >= 11 is 0. The van der Waals surface area contributed by atoms with E-state index < -0.39 is 0 Å². The van der Waals surface area contributed by atoms with Crippen LogP contribution in [0, 0.1) is 0 Å². The molecule has 110 valence electrons. The predicted octanol–water partition coefficient (Wildman–Crippen LogP) is 2.05. The number of ether oxygens (including phenoxy) is 1. The van der Waals surface area contributed by atoms with Gasteiger partial charge >= 0.3 is 0 Å². The summed E-state index contributed by atoms with van der Waals surface area (Å²) in [6.07, 6.45) is 0.327. The standard InChI is InChI=1S/C17H20N2O2/c1-21-15-9-7-13(8-10-15)11-17(20)19-16(12-18)14-5-3-2-4-6-14/h2-10,16H,11-12,18H2,1H3,(H,19,20). The van der Waals surface area contributed by atoms with Crippen LogP contribution in [0.15, 0.2) is 54.6 Å². The van der Waals surface area contributed by atoms with Gasteiger partial charge < -0.3 is 15.8 Å². The van der Waals surface area contributed by atoms with Crippen molar-refractivity contribution in [1.82, 2.24) is 5.32 Å². The molecule has 0 aliphatic heterocycles.